The molecule has 1 heteroatoms. The lowest BCUT2D eigenvalue weighted by molar-refractivity contribution is -0.112. The smallest absolute Gasteiger partial charge is 0.183 e. The van der Waals surface area contributed by atoms with Crippen molar-refractivity contribution < 1.29 is 4.79 Å². The molecule has 0 saturated carbocycles. The SMILES string of the molecule is C=C(C)C(=O)C(C)=CC. The molecular formula is C8H12O. The van der Waals surface area contributed by atoms with Gasteiger partial charge in [0, 0.05) is 0 Å². The Labute approximate surface area is 56.1 Å². The molecule has 0 aliphatic heterocycles. The predicted molar refractivity (Wildman–Crippen MR) is 39.3 cm³/mol. The molecule has 0 heterocycles. The number of hydrogen-bond acceptors (Lipinski definition) is 1. The Morgan fingerprint density at radius 3 is 2.00 bits per heavy atom. The normalized spacial score (nSPS) is 11.2. The summed E-state index contributed by atoms with van der Waals surface area (Å²) < 4.78 is 0. The van der Waals surface area contributed by atoms with Crippen LogP contribution >= 0.6 is 0 Å². The fraction of sp³-hybridized carbons (Fsp3) is 0.375. The summed E-state index contributed by atoms with van der Waals surface area (Å²) in [5.74, 6) is 0.0532. The first-order valence-electron chi connectivity index (χ1n) is 2.92. The van der Waals surface area contributed by atoms with E-state index in [1.807, 2.05) is 6.92 Å². The number of allylic oxidation sites excluding steroid dienone is 3. The molecule has 9 heavy (non-hydrogen) atoms. The van der Waals surface area contributed by atoms with Gasteiger partial charge in [-0.1, -0.05) is 12.7 Å². The van der Waals surface area contributed by atoms with Crippen LogP contribution in [0.15, 0.2) is 23.8 Å². The van der Waals surface area contributed by atoms with Crippen molar-refractivity contribution in [1.29, 1.82) is 0 Å². The maximum absolute atomic E-state index is 10.9. The minimum absolute atomic E-state index is 0.0532. The minimum Gasteiger partial charge on any atom is -0.289 e. The van der Waals surface area contributed by atoms with Crippen LogP contribution in [0.4, 0.5) is 0 Å². The summed E-state index contributed by atoms with van der Waals surface area (Å²) in [6.45, 7) is 8.88. The molecule has 0 rings (SSSR count). The summed E-state index contributed by atoms with van der Waals surface area (Å²) in [4.78, 5) is 10.9. The zero-order valence-corrected chi connectivity index (χ0v) is 6.19. The predicted octanol–water partition coefficient (Wildman–Crippen LogP) is 2.10. The summed E-state index contributed by atoms with van der Waals surface area (Å²) in [5.41, 5.74) is 1.37. The van der Waals surface area contributed by atoms with Crippen molar-refractivity contribution in [2.75, 3.05) is 0 Å². The van der Waals surface area contributed by atoms with Crippen molar-refractivity contribution in [3.8, 4) is 0 Å². The van der Waals surface area contributed by atoms with Gasteiger partial charge in [-0.05, 0) is 31.9 Å². The Balaban J connectivity index is 4.23. The summed E-state index contributed by atoms with van der Waals surface area (Å²) in [6.07, 6.45) is 1.79. The summed E-state index contributed by atoms with van der Waals surface area (Å²) in [6, 6.07) is 0. The summed E-state index contributed by atoms with van der Waals surface area (Å²) in [5, 5.41) is 0. The fourth-order valence-corrected chi connectivity index (χ4v) is 0.468. The van der Waals surface area contributed by atoms with Crippen LogP contribution in [0.25, 0.3) is 0 Å². The van der Waals surface area contributed by atoms with Crippen LogP contribution in [0.3, 0.4) is 0 Å². The average Bonchev–Trinajstić information content (AvgIpc) is 1.84. The van der Waals surface area contributed by atoms with Crippen molar-refractivity contribution >= 4 is 5.78 Å². The van der Waals surface area contributed by atoms with Gasteiger partial charge in [-0.25, -0.2) is 0 Å². The second kappa shape index (κ2) is 3.23. The highest BCUT2D eigenvalue weighted by Gasteiger charge is 2.01. The number of carbonyl (C=O) groups is 1. The first kappa shape index (κ1) is 8.15. The molecule has 0 fully saturated rings. The molecule has 0 aliphatic rings. The molecule has 0 N–H and O–H groups in total. The zero-order chi connectivity index (χ0) is 7.44. The van der Waals surface area contributed by atoms with Crippen LogP contribution in [-0.2, 0) is 4.79 Å². The molecular weight excluding hydrogens is 112 g/mol. The van der Waals surface area contributed by atoms with Gasteiger partial charge in [-0.3, -0.25) is 4.79 Å². The molecule has 0 aromatic carbocycles. The van der Waals surface area contributed by atoms with Gasteiger partial charge < -0.3 is 0 Å². The number of hydrogen-bond donors (Lipinski definition) is 0. The molecule has 0 radical (unpaired) electrons. The first-order chi connectivity index (χ1) is 4.09. The standard InChI is InChI=1S/C8H12O/c1-5-7(4)8(9)6(2)3/h5H,2H2,1,3-4H3. The molecule has 0 aromatic heterocycles. The molecule has 1 nitrogen and oxygen atoms in total. The van der Waals surface area contributed by atoms with Crippen molar-refractivity contribution in [2.24, 2.45) is 0 Å². The van der Waals surface area contributed by atoms with Crippen LogP contribution in [0.2, 0.25) is 0 Å². The second-order valence-electron chi connectivity index (χ2n) is 2.08. The zero-order valence-electron chi connectivity index (χ0n) is 6.19. The van der Waals surface area contributed by atoms with E-state index in [1.165, 1.54) is 0 Å². The van der Waals surface area contributed by atoms with Crippen LogP contribution in [0.5, 0.6) is 0 Å². The van der Waals surface area contributed by atoms with E-state index in [0.717, 1.165) is 5.57 Å². The number of carbonyl (C=O) groups excluding carboxylic acids is 1. The van der Waals surface area contributed by atoms with Gasteiger partial charge in [0.05, 0.1) is 0 Å². The molecule has 0 unspecified atom stereocenters. The number of ketones is 1. The third kappa shape index (κ3) is 2.27. The molecule has 0 aliphatic carbocycles. The lowest BCUT2D eigenvalue weighted by atomic mass is 10.1. The van der Waals surface area contributed by atoms with E-state index >= 15 is 0 Å². The topological polar surface area (TPSA) is 17.1 Å². The van der Waals surface area contributed by atoms with Crippen molar-refractivity contribution in [3.63, 3.8) is 0 Å². The molecule has 0 amide bonds. The Morgan fingerprint density at radius 2 is 1.89 bits per heavy atom. The molecule has 0 aromatic rings. The Morgan fingerprint density at radius 1 is 1.44 bits per heavy atom. The van der Waals surface area contributed by atoms with E-state index in [1.54, 1.807) is 19.9 Å². The average molecular weight is 124 g/mol. The molecule has 0 spiro atoms. The van der Waals surface area contributed by atoms with Gasteiger partial charge in [0.15, 0.2) is 5.78 Å². The van der Waals surface area contributed by atoms with Gasteiger partial charge in [0.2, 0.25) is 0 Å². The van der Waals surface area contributed by atoms with Gasteiger partial charge in [-0.2, -0.15) is 0 Å². The lowest BCUT2D eigenvalue weighted by Gasteiger charge is -1.95. The van der Waals surface area contributed by atoms with Gasteiger partial charge in [0.1, 0.15) is 0 Å². The summed E-state index contributed by atoms with van der Waals surface area (Å²) >= 11 is 0. The van der Waals surface area contributed by atoms with Gasteiger partial charge in [0.25, 0.3) is 0 Å². The third-order valence-corrected chi connectivity index (χ3v) is 1.18. The molecule has 0 saturated heterocycles. The fourth-order valence-electron chi connectivity index (χ4n) is 0.468. The van der Waals surface area contributed by atoms with Crippen LogP contribution in [0, 0.1) is 0 Å². The maximum atomic E-state index is 10.9. The highest BCUT2D eigenvalue weighted by molar-refractivity contribution is 6.06. The van der Waals surface area contributed by atoms with Crippen LogP contribution < -0.4 is 0 Å². The Hall–Kier alpha value is -0.850. The Kier molecular flexibility index (Phi) is 2.93. The number of Topliss-reactive ketones (excluding diaryl/α,β-unsaturated/α-hetero) is 1. The third-order valence-electron chi connectivity index (χ3n) is 1.18. The molecule has 50 valence electrons. The van der Waals surface area contributed by atoms with Gasteiger partial charge >= 0.3 is 0 Å². The second-order valence-corrected chi connectivity index (χ2v) is 2.08. The highest BCUT2D eigenvalue weighted by Crippen LogP contribution is 2.01. The van der Waals surface area contributed by atoms with Crippen molar-refractivity contribution in [2.45, 2.75) is 20.8 Å². The highest BCUT2D eigenvalue weighted by atomic mass is 16.1. The van der Waals surface area contributed by atoms with E-state index in [-0.39, 0.29) is 5.78 Å². The van der Waals surface area contributed by atoms with Crippen molar-refractivity contribution in [1.82, 2.24) is 0 Å². The van der Waals surface area contributed by atoms with Crippen LogP contribution in [0.1, 0.15) is 20.8 Å². The Bertz CT molecular complexity index is 163. The van der Waals surface area contributed by atoms with E-state index < -0.39 is 0 Å². The van der Waals surface area contributed by atoms with E-state index in [9.17, 15) is 4.79 Å². The van der Waals surface area contributed by atoms with Gasteiger partial charge in [-0.15, -0.1) is 0 Å². The maximum Gasteiger partial charge on any atom is 0.183 e. The van der Waals surface area contributed by atoms with Crippen molar-refractivity contribution in [3.05, 3.63) is 23.8 Å². The van der Waals surface area contributed by atoms with Crippen LogP contribution in [-0.4, -0.2) is 5.78 Å². The minimum atomic E-state index is 0.0532. The quantitative estimate of drug-likeness (QED) is 0.515. The van der Waals surface area contributed by atoms with E-state index in [2.05, 4.69) is 6.58 Å². The molecule has 0 bridgehead atoms. The first-order valence-corrected chi connectivity index (χ1v) is 2.92. The number of rotatable bonds is 2. The summed E-state index contributed by atoms with van der Waals surface area (Å²) in [7, 11) is 0. The largest absolute Gasteiger partial charge is 0.289 e. The molecule has 0 atom stereocenters. The lowest BCUT2D eigenvalue weighted by Crippen LogP contribution is -1.98. The monoisotopic (exact) mass is 124 g/mol. The van der Waals surface area contributed by atoms with E-state index in [0.29, 0.717) is 5.57 Å². The van der Waals surface area contributed by atoms with E-state index in [4.69, 9.17) is 0 Å².